The van der Waals surface area contributed by atoms with E-state index in [4.69, 9.17) is 10.5 Å². The van der Waals surface area contributed by atoms with Crippen molar-refractivity contribution in [3.05, 3.63) is 23.8 Å². The number of hydrogen-bond acceptors (Lipinski definition) is 4. The van der Waals surface area contributed by atoms with Crippen molar-refractivity contribution in [1.29, 1.82) is 0 Å². The molecule has 1 heterocycles. The number of carbonyl (C=O) groups excluding carboxylic acids is 2. The maximum Gasteiger partial charge on any atom is 0.255 e. The van der Waals surface area contributed by atoms with Crippen molar-refractivity contribution in [1.82, 2.24) is 10.2 Å². The Morgan fingerprint density at radius 3 is 2.81 bits per heavy atom. The minimum Gasteiger partial charge on any atom is -0.494 e. The van der Waals surface area contributed by atoms with Crippen molar-refractivity contribution >= 4 is 17.5 Å². The summed E-state index contributed by atoms with van der Waals surface area (Å²) >= 11 is 0. The first kappa shape index (κ1) is 15.2. The summed E-state index contributed by atoms with van der Waals surface area (Å²) in [4.78, 5) is 26.2. The lowest BCUT2D eigenvalue weighted by molar-refractivity contribution is -0.133. The Morgan fingerprint density at radius 2 is 2.14 bits per heavy atom. The number of piperazine rings is 1. The average molecular weight is 291 g/mol. The lowest BCUT2D eigenvalue weighted by atomic mass is 9.97. The van der Waals surface area contributed by atoms with Crippen LogP contribution in [0, 0.1) is 0 Å². The van der Waals surface area contributed by atoms with Crippen LogP contribution in [0.5, 0.6) is 5.75 Å². The zero-order chi connectivity index (χ0) is 15.6. The molecule has 114 valence electrons. The van der Waals surface area contributed by atoms with Gasteiger partial charge < -0.3 is 20.7 Å². The molecule has 6 nitrogen and oxygen atoms in total. The lowest BCUT2D eigenvalue weighted by Gasteiger charge is -2.41. The van der Waals surface area contributed by atoms with Crippen LogP contribution in [-0.4, -0.2) is 41.9 Å². The molecule has 1 aliphatic rings. The van der Waals surface area contributed by atoms with Crippen molar-refractivity contribution in [3.63, 3.8) is 0 Å². The topological polar surface area (TPSA) is 84.7 Å². The predicted molar refractivity (Wildman–Crippen MR) is 80.1 cm³/mol. The zero-order valence-corrected chi connectivity index (χ0v) is 12.6. The second-order valence-electron chi connectivity index (χ2n) is 5.50. The molecule has 0 radical (unpaired) electrons. The largest absolute Gasteiger partial charge is 0.494 e. The third kappa shape index (κ3) is 2.94. The van der Waals surface area contributed by atoms with Gasteiger partial charge in [0.15, 0.2) is 0 Å². The smallest absolute Gasteiger partial charge is 0.255 e. The number of anilines is 1. The van der Waals surface area contributed by atoms with Gasteiger partial charge in [0, 0.05) is 30.4 Å². The Bertz CT molecular complexity index is 569. The highest BCUT2D eigenvalue weighted by atomic mass is 16.5. The van der Waals surface area contributed by atoms with Crippen molar-refractivity contribution in [2.24, 2.45) is 0 Å². The van der Waals surface area contributed by atoms with Gasteiger partial charge in [-0.15, -0.1) is 0 Å². The van der Waals surface area contributed by atoms with E-state index < -0.39 is 5.54 Å². The predicted octanol–water partition coefficient (Wildman–Crippen LogP) is 1.02. The van der Waals surface area contributed by atoms with E-state index in [1.54, 1.807) is 36.9 Å². The van der Waals surface area contributed by atoms with Gasteiger partial charge in [-0.05, 0) is 32.9 Å². The molecular weight excluding hydrogens is 270 g/mol. The van der Waals surface area contributed by atoms with E-state index in [9.17, 15) is 9.59 Å². The number of nitrogen functional groups attached to an aromatic ring is 1. The van der Waals surface area contributed by atoms with E-state index in [0.717, 1.165) is 0 Å². The number of carbonyl (C=O) groups is 2. The summed E-state index contributed by atoms with van der Waals surface area (Å²) in [6.45, 7) is 6.74. The van der Waals surface area contributed by atoms with Crippen LogP contribution in [0.3, 0.4) is 0 Å². The van der Waals surface area contributed by atoms with Crippen molar-refractivity contribution in [3.8, 4) is 5.75 Å². The minimum absolute atomic E-state index is 0.156. The van der Waals surface area contributed by atoms with Gasteiger partial charge in [-0.2, -0.15) is 0 Å². The van der Waals surface area contributed by atoms with Crippen LogP contribution >= 0.6 is 0 Å². The highest BCUT2D eigenvalue weighted by Crippen LogP contribution is 2.24. The number of rotatable bonds is 3. The Hall–Kier alpha value is -2.24. The molecule has 0 atom stereocenters. The second-order valence-corrected chi connectivity index (χ2v) is 5.50. The van der Waals surface area contributed by atoms with Crippen LogP contribution in [0.15, 0.2) is 18.2 Å². The van der Waals surface area contributed by atoms with Crippen molar-refractivity contribution in [2.45, 2.75) is 26.3 Å². The fourth-order valence-corrected chi connectivity index (χ4v) is 2.41. The van der Waals surface area contributed by atoms with Crippen LogP contribution in [0.25, 0.3) is 0 Å². The average Bonchev–Trinajstić information content (AvgIpc) is 2.41. The number of ether oxygens (including phenoxy) is 1. The van der Waals surface area contributed by atoms with E-state index in [0.29, 0.717) is 36.7 Å². The SMILES string of the molecule is CCOc1cc(N)cc(C(=O)N2CCNC(=O)C2(C)C)c1. The monoisotopic (exact) mass is 291 g/mol. The first-order chi connectivity index (χ1) is 9.86. The van der Waals surface area contributed by atoms with Gasteiger partial charge in [-0.1, -0.05) is 0 Å². The van der Waals surface area contributed by atoms with Gasteiger partial charge in [0.05, 0.1) is 6.61 Å². The van der Waals surface area contributed by atoms with E-state index >= 15 is 0 Å². The third-order valence-corrected chi connectivity index (χ3v) is 3.58. The number of nitrogens with zero attached hydrogens (tertiary/aromatic N) is 1. The fourth-order valence-electron chi connectivity index (χ4n) is 2.41. The number of amides is 2. The summed E-state index contributed by atoms with van der Waals surface area (Å²) in [6, 6.07) is 4.94. The van der Waals surface area contributed by atoms with Gasteiger partial charge in [0.25, 0.3) is 5.91 Å². The highest BCUT2D eigenvalue weighted by molar-refractivity contribution is 6.00. The summed E-state index contributed by atoms with van der Waals surface area (Å²) in [5.74, 6) is 0.180. The van der Waals surface area contributed by atoms with Gasteiger partial charge in [0.1, 0.15) is 11.3 Å². The van der Waals surface area contributed by atoms with E-state index in [2.05, 4.69) is 5.32 Å². The number of hydrogen-bond donors (Lipinski definition) is 2. The van der Waals surface area contributed by atoms with E-state index in [-0.39, 0.29) is 11.8 Å². The molecule has 1 saturated heterocycles. The molecular formula is C15H21N3O3. The molecule has 21 heavy (non-hydrogen) atoms. The van der Waals surface area contributed by atoms with Gasteiger partial charge in [-0.25, -0.2) is 0 Å². The summed E-state index contributed by atoms with van der Waals surface area (Å²) in [5.41, 5.74) is 5.83. The van der Waals surface area contributed by atoms with Gasteiger partial charge in [-0.3, -0.25) is 9.59 Å². The molecule has 2 amide bonds. The Morgan fingerprint density at radius 1 is 1.43 bits per heavy atom. The van der Waals surface area contributed by atoms with Gasteiger partial charge in [0.2, 0.25) is 5.91 Å². The van der Waals surface area contributed by atoms with Crippen molar-refractivity contribution in [2.75, 3.05) is 25.4 Å². The normalized spacial score (nSPS) is 17.3. The number of nitrogens with one attached hydrogen (secondary N) is 1. The molecule has 0 saturated carbocycles. The van der Waals surface area contributed by atoms with Crippen molar-refractivity contribution < 1.29 is 14.3 Å². The quantitative estimate of drug-likeness (QED) is 0.814. The zero-order valence-electron chi connectivity index (χ0n) is 12.6. The first-order valence-electron chi connectivity index (χ1n) is 7.00. The Balaban J connectivity index is 2.33. The summed E-state index contributed by atoms with van der Waals surface area (Å²) in [7, 11) is 0. The summed E-state index contributed by atoms with van der Waals surface area (Å²) in [5, 5.41) is 2.77. The highest BCUT2D eigenvalue weighted by Gasteiger charge is 2.40. The Kier molecular flexibility index (Phi) is 4.06. The molecule has 0 spiro atoms. The molecule has 0 unspecified atom stereocenters. The van der Waals surface area contributed by atoms with Crippen LogP contribution in [0.2, 0.25) is 0 Å². The minimum atomic E-state index is -0.883. The van der Waals surface area contributed by atoms with E-state index in [1.807, 2.05) is 6.92 Å². The van der Waals surface area contributed by atoms with Crippen LogP contribution < -0.4 is 15.8 Å². The summed E-state index contributed by atoms with van der Waals surface area (Å²) < 4.78 is 5.41. The molecule has 0 aliphatic carbocycles. The van der Waals surface area contributed by atoms with Gasteiger partial charge >= 0.3 is 0 Å². The van der Waals surface area contributed by atoms with Crippen LogP contribution in [0.1, 0.15) is 31.1 Å². The van der Waals surface area contributed by atoms with E-state index in [1.165, 1.54) is 0 Å². The molecule has 0 bridgehead atoms. The first-order valence-corrected chi connectivity index (χ1v) is 7.00. The molecule has 1 fully saturated rings. The maximum absolute atomic E-state index is 12.7. The fraction of sp³-hybridized carbons (Fsp3) is 0.467. The maximum atomic E-state index is 12.7. The third-order valence-electron chi connectivity index (χ3n) is 3.58. The van der Waals surface area contributed by atoms with Crippen LogP contribution in [-0.2, 0) is 4.79 Å². The lowest BCUT2D eigenvalue weighted by Crippen LogP contribution is -2.63. The summed E-state index contributed by atoms with van der Waals surface area (Å²) in [6.07, 6.45) is 0. The molecule has 3 N–H and O–H groups in total. The molecule has 2 rings (SSSR count). The second kappa shape index (κ2) is 5.63. The standard InChI is InChI=1S/C15H21N3O3/c1-4-21-12-8-10(7-11(16)9-12)13(19)18-6-5-17-14(20)15(18,2)3/h7-9H,4-6,16H2,1-3H3,(H,17,20). The molecule has 6 heteroatoms. The molecule has 1 aliphatic heterocycles. The number of benzene rings is 1. The van der Waals surface area contributed by atoms with Crippen LogP contribution in [0.4, 0.5) is 5.69 Å². The molecule has 0 aromatic heterocycles. The molecule has 1 aromatic rings. The molecule has 1 aromatic carbocycles. The number of nitrogens with two attached hydrogens (primary N) is 1. The Labute approximate surface area is 124 Å².